The van der Waals surface area contributed by atoms with Crippen LogP contribution in [0.3, 0.4) is 0 Å². The molecule has 0 bridgehead atoms. The summed E-state index contributed by atoms with van der Waals surface area (Å²) in [5.41, 5.74) is 0.209. The Kier molecular flexibility index (Phi) is 4.84. The molecule has 2 aromatic rings. The predicted octanol–water partition coefficient (Wildman–Crippen LogP) is 4.36. The maximum Gasteiger partial charge on any atom is 0.498 e. The van der Waals surface area contributed by atoms with E-state index < -0.39 is 18.3 Å². The van der Waals surface area contributed by atoms with Gasteiger partial charge in [0.1, 0.15) is 18.2 Å². The maximum atomic E-state index is 13.9. The van der Waals surface area contributed by atoms with Crippen LogP contribution < -0.4 is 10.2 Å². The molecule has 1 fully saturated rings. The van der Waals surface area contributed by atoms with Crippen LogP contribution in [0.15, 0.2) is 42.5 Å². The summed E-state index contributed by atoms with van der Waals surface area (Å²) in [7, 11) is -0.544. The van der Waals surface area contributed by atoms with Crippen LogP contribution in [0.2, 0.25) is 5.02 Å². The zero-order valence-corrected chi connectivity index (χ0v) is 15.6. The van der Waals surface area contributed by atoms with E-state index in [1.807, 2.05) is 52.0 Å². The Labute approximate surface area is 153 Å². The topological polar surface area (TPSA) is 27.7 Å². The second-order valence-electron chi connectivity index (χ2n) is 7.11. The first kappa shape index (κ1) is 18.2. The molecule has 0 radical (unpaired) electrons. The fraction of sp³-hybridized carbons (Fsp3) is 0.368. The van der Waals surface area contributed by atoms with Crippen molar-refractivity contribution in [3.63, 3.8) is 0 Å². The molecule has 25 heavy (non-hydrogen) atoms. The number of rotatable bonds is 4. The number of halogens is 2. The molecule has 3 nitrogen and oxygen atoms in total. The van der Waals surface area contributed by atoms with Crippen molar-refractivity contribution in [3.8, 4) is 5.75 Å². The van der Waals surface area contributed by atoms with Crippen LogP contribution in [-0.4, -0.2) is 18.3 Å². The van der Waals surface area contributed by atoms with Gasteiger partial charge in [-0.15, -0.1) is 0 Å². The molecule has 0 aliphatic carbocycles. The van der Waals surface area contributed by atoms with Gasteiger partial charge in [-0.25, -0.2) is 4.39 Å². The van der Waals surface area contributed by atoms with E-state index in [1.54, 1.807) is 12.1 Å². The molecule has 6 heteroatoms. The maximum absolute atomic E-state index is 13.9. The fourth-order valence-corrected chi connectivity index (χ4v) is 2.81. The van der Waals surface area contributed by atoms with Gasteiger partial charge in [0.2, 0.25) is 0 Å². The highest BCUT2D eigenvalue weighted by Gasteiger charge is 2.52. The molecule has 1 heterocycles. The molecular weight excluding hydrogens is 341 g/mol. The third-order valence-electron chi connectivity index (χ3n) is 4.86. The van der Waals surface area contributed by atoms with E-state index in [0.29, 0.717) is 16.3 Å². The Morgan fingerprint density at radius 3 is 2.28 bits per heavy atom. The van der Waals surface area contributed by atoms with Crippen molar-refractivity contribution in [2.75, 3.05) is 0 Å². The Hall–Kier alpha value is -1.56. The molecule has 0 N–H and O–H groups in total. The SMILES string of the molecule is CC1(C)OB(c2ccccc2OCc2c(F)cccc2Cl)OC1(C)C. The standard InChI is InChI=1S/C19H21BClFO3/c1-18(2)19(3,4)25-20(24-18)14-8-5-6-11-17(14)23-12-13-15(21)9-7-10-16(13)22/h5-11H,12H2,1-4H3. The van der Waals surface area contributed by atoms with Gasteiger partial charge in [0, 0.05) is 11.0 Å². The molecule has 0 amide bonds. The normalized spacial score (nSPS) is 18.4. The van der Waals surface area contributed by atoms with Gasteiger partial charge in [-0.05, 0) is 45.9 Å². The molecule has 0 aromatic heterocycles. The summed E-state index contributed by atoms with van der Waals surface area (Å²) in [5.74, 6) is 0.195. The van der Waals surface area contributed by atoms with E-state index in [-0.39, 0.29) is 12.4 Å². The van der Waals surface area contributed by atoms with Gasteiger partial charge in [0.15, 0.2) is 0 Å². The van der Waals surface area contributed by atoms with Crippen molar-refractivity contribution >= 4 is 24.2 Å². The Bertz CT molecular complexity index is 743. The average Bonchev–Trinajstić information content (AvgIpc) is 2.75. The molecule has 0 saturated carbocycles. The molecule has 1 aliphatic rings. The first-order valence-corrected chi connectivity index (χ1v) is 8.59. The van der Waals surface area contributed by atoms with Crippen LogP contribution in [0.4, 0.5) is 4.39 Å². The lowest BCUT2D eigenvalue weighted by molar-refractivity contribution is 0.00578. The van der Waals surface area contributed by atoms with Crippen molar-refractivity contribution < 1.29 is 18.4 Å². The molecule has 0 unspecified atom stereocenters. The minimum atomic E-state index is -0.544. The summed E-state index contributed by atoms with van der Waals surface area (Å²) in [5, 5.41) is 0.341. The minimum absolute atomic E-state index is 0.0298. The summed E-state index contributed by atoms with van der Waals surface area (Å²) in [6, 6.07) is 12.0. The summed E-state index contributed by atoms with van der Waals surface area (Å²) >= 11 is 6.07. The minimum Gasteiger partial charge on any atom is -0.489 e. The Balaban J connectivity index is 1.83. The van der Waals surface area contributed by atoms with Crippen molar-refractivity contribution in [3.05, 3.63) is 58.9 Å². The first-order chi connectivity index (χ1) is 11.7. The van der Waals surface area contributed by atoms with Crippen molar-refractivity contribution in [1.82, 2.24) is 0 Å². The zero-order chi connectivity index (χ0) is 18.2. The highest BCUT2D eigenvalue weighted by Crippen LogP contribution is 2.37. The summed E-state index contributed by atoms with van der Waals surface area (Å²) in [6.07, 6.45) is 0. The van der Waals surface area contributed by atoms with Crippen LogP contribution in [0.1, 0.15) is 33.3 Å². The molecule has 0 spiro atoms. The van der Waals surface area contributed by atoms with Crippen LogP contribution in [0.5, 0.6) is 5.75 Å². The molecular formula is C19H21BClFO3. The average molecular weight is 363 g/mol. The van der Waals surface area contributed by atoms with Crippen LogP contribution >= 0.6 is 11.6 Å². The highest BCUT2D eigenvalue weighted by atomic mass is 35.5. The van der Waals surface area contributed by atoms with E-state index in [9.17, 15) is 4.39 Å². The quantitative estimate of drug-likeness (QED) is 0.757. The summed E-state index contributed by atoms with van der Waals surface area (Å²) in [4.78, 5) is 0. The highest BCUT2D eigenvalue weighted by molar-refractivity contribution is 6.63. The zero-order valence-electron chi connectivity index (χ0n) is 14.8. The predicted molar refractivity (Wildman–Crippen MR) is 97.9 cm³/mol. The summed E-state index contributed by atoms with van der Waals surface area (Å²) < 4.78 is 32.0. The number of hydrogen-bond donors (Lipinski definition) is 0. The lowest BCUT2D eigenvalue weighted by Gasteiger charge is -2.32. The molecule has 3 rings (SSSR count). The third kappa shape index (κ3) is 3.54. The van der Waals surface area contributed by atoms with E-state index in [4.69, 9.17) is 25.6 Å². The van der Waals surface area contributed by atoms with E-state index in [0.717, 1.165) is 5.46 Å². The molecule has 1 saturated heterocycles. The largest absolute Gasteiger partial charge is 0.498 e. The van der Waals surface area contributed by atoms with Gasteiger partial charge >= 0.3 is 7.12 Å². The lowest BCUT2D eigenvalue weighted by Crippen LogP contribution is -2.41. The third-order valence-corrected chi connectivity index (χ3v) is 5.21. The van der Waals surface area contributed by atoms with Gasteiger partial charge < -0.3 is 14.0 Å². The van der Waals surface area contributed by atoms with Gasteiger partial charge in [-0.3, -0.25) is 0 Å². The second-order valence-corrected chi connectivity index (χ2v) is 7.52. The Morgan fingerprint density at radius 2 is 1.64 bits per heavy atom. The molecule has 1 aliphatic heterocycles. The van der Waals surface area contributed by atoms with Gasteiger partial charge in [-0.1, -0.05) is 35.9 Å². The van der Waals surface area contributed by atoms with E-state index in [2.05, 4.69) is 0 Å². The number of hydrogen-bond acceptors (Lipinski definition) is 3. The van der Waals surface area contributed by atoms with Gasteiger partial charge in [-0.2, -0.15) is 0 Å². The smallest absolute Gasteiger partial charge is 0.489 e. The van der Waals surface area contributed by atoms with Crippen molar-refractivity contribution in [2.24, 2.45) is 0 Å². The number of para-hydroxylation sites is 1. The van der Waals surface area contributed by atoms with Crippen LogP contribution in [0, 0.1) is 5.82 Å². The van der Waals surface area contributed by atoms with Crippen LogP contribution in [-0.2, 0) is 15.9 Å². The monoisotopic (exact) mass is 362 g/mol. The van der Waals surface area contributed by atoms with Crippen molar-refractivity contribution in [2.45, 2.75) is 45.5 Å². The van der Waals surface area contributed by atoms with E-state index >= 15 is 0 Å². The van der Waals surface area contributed by atoms with Crippen molar-refractivity contribution in [1.29, 1.82) is 0 Å². The van der Waals surface area contributed by atoms with Gasteiger partial charge in [0.25, 0.3) is 0 Å². The summed E-state index contributed by atoms with van der Waals surface area (Å²) in [6.45, 7) is 8.01. The first-order valence-electron chi connectivity index (χ1n) is 8.21. The van der Waals surface area contributed by atoms with Crippen LogP contribution in [0.25, 0.3) is 0 Å². The Morgan fingerprint density at radius 1 is 1.00 bits per heavy atom. The number of ether oxygens (including phenoxy) is 1. The molecule has 132 valence electrons. The van der Waals surface area contributed by atoms with Gasteiger partial charge in [0.05, 0.1) is 16.2 Å². The molecule has 0 atom stereocenters. The fourth-order valence-electron chi connectivity index (χ4n) is 2.60. The second kappa shape index (κ2) is 6.63. The lowest BCUT2D eigenvalue weighted by atomic mass is 9.78. The van der Waals surface area contributed by atoms with E-state index in [1.165, 1.54) is 6.07 Å². The number of benzene rings is 2. The molecule has 2 aromatic carbocycles.